The van der Waals surface area contributed by atoms with Crippen LogP contribution in [0.2, 0.25) is 0 Å². The lowest BCUT2D eigenvalue weighted by atomic mass is 9.80. The molecule has 176 valence electrons. The summed E-state index contributed by atoms with van der Waals surface area (Å²) in [7, 11) is 0. The second kappa shape index (κ2) is 9.60. The van der Waals surface area contributed by atoms with E-state index in [0.717, 1.165) is 41.7 Å². The highest BCUT2D eigenvalue weighted by Gasteiger charge is 2.42. The molecule has 3 amide bonds. The third-order valence-electron chi connectivity index (χ3n) is 6.36. The third kappa shape index (κ3) is 5.50. The number of hydrogen-bond acceptors (Lipinski definition) is 3. The van der Waals surface area contributed by atoms with E-state index in [9.17, 15) is 23.9 Å². The Balaban J connectivity index is 1.82. The van der Waals surface area contributed by atoms with Crippen molar-refractivity contribution in [2.45, 2.75) is 59.4 Å². The summed E-state index contributed by atoms with van der Waals surface area (Å²) in [4.78, 5) is 37.6. The number of nitrogens with one attached hydrogen (secondary N) is 3. The Morgan fingerprint density at radius 3 is 2.18 bits per heavy atom. The minimum atomic E-state index is -1.12. The summed E-state index contributed by atoms with van der Waals surface area (Å²) in [6.45, 7) is 7.54. The molecule has 0 unspecified atom stereocenters. The first-order valence-corrected chi connectivity index (χ1v) is 11.0. The van der Waals surface area contributed by atoms with Gasteiger partial charge >= 0.3 is 12.0 Å². The average Bonchev–Trinajstić information content (AvgIpc) is 3.15. The highest BCUT2D eigenvalue weighted by atomic mass is 19.1. The Kier molecular flexibility index (Phi) is 7.05. The quantitative estimate of drug-likeness (QED) is 0.483. The maximum absolute atomic E-state index is 14.0. The number of benzene rings is 2. The average molecular weight is 456 g/mol. The number of carbonyl (C=O) groups is 3. The first kappa shape index (κ1) is 24.2. The number of aliphatic carboxylic acids is 1. The summed E-state index contributed by atoms with van der Waals surface area (Å²) in [5, 5.41) is 17.6. The van der Waals surface area contributed by atoms with Gasteiger partial charge in [0.2, 0.25) is 0 Å². The summed E-state index contributed by atoms with van der Waals surface area (Å²) in [5.41, 5.74) is 2.80. The number of carbonyl (C=O) groups excluding carboxylic acids is 2. The molecule has 2 aromatic carbocycles. The zero-order valence-electron chi connectivity index (χ0n) is 19.3. The predicted molar refractivity (Wildman–Crippen MR) is 125 cm³/mol. The minimum Gasteiger partial charge on any atom is -0.480 e. The lowest BCUT2D eigenvalue weighted by Gasteiger charge is -2.31. The zero-order valence-corrected chi connectivity index (χ0v) is 19.3. The van der Waals surface area contributed by atoms with Gasteiger partial charge in [-0.3, -0.25) is 4.79 Å². The van der Waals surface area contributed by atoms with Crippen LogP contribution in [0.3, 0.4) is 0 Å². The van der Waals surface area contributed by atoms with Gasteiger partial charge in [0.05, 0.1) is 11.3 Å². The van der Waals surface area contributed by atoms with E-state index in [1.807, 2.05) is 39.8 Å². The standard InChI is InChI=1S/C25H30FN3O4/c1-14-11-15(2)20(16(3)12-14)28-24(33)27-19-13-17(26)7-8-18(19)22(30)29-21(23(31)32)25(4)9-5-6-10-25/h7-8,11-13,21H,5-6,9-10H2,1-4H3,(H,29,30)(H,31,32)(H2,27,28,33)/t21-/m1/s1. The van der Waals surface area contributed by atoms with Gasteiger partial charge < -0.3 is 21.1 Å². The third-order valence-corrected chi connectivity index (χ3v) is 6.36. The molecular weight excluding hydrogens is 425 g/mol. The fraction of sp³-hybridized carbons (Fsp3) is 0.400. The highest BCUT2D eigenvalue weighted by Crippen LogP contribution is 2.40. The van der Waals surface area contributed by atoms with Crippen molar-refractivity contribution in [3.05, 3.63) is 58.4 Å². The number of hydrogen-bond donors (Lipinski definition) is 4. The Labute approximate surface area is 192 Å². The Hall–Kier alpha value is -3.42. The van der Waals surface area contributed by atoms with Crippen molar-refractivity contribution in [1.29, 1.82) is 0 Å². The molecule has 0 saturated heterocycles. The lowest BCUT2D eigenvalue weighted by molar-refractivity contribution is -0.142. The SMILES string of the molecule is Cc1cc(C)c(NC(=O)Nc2cc(F)ccc2C(=O)N[C@H](C(=O)O)C2(C)CCCC2)c(C)c1. The van der Waals surface area contributed by atoms with E-state index in [1.165, 1.54) is 6.07 Å². The van der Waals surface area contributed by atoms with Crippen LogP contribution in [0.25, 0.3) is 0 Å². The summed E-state index contributed by atoms with van der Waals surface area (Å²) in [5.74, 6) is -2.44. The molecule has 0 heterocycles. The molecule has 2 aromatic rings. The van der Waals surface area contributed by atoms with Crippen LogP contribution < -0.4 is 16.0 Å². The van der Waals surface area contributed by atoms with Crippen LogP contribution in [0.4, 0.5) is 20.6 Å². The van der Waals surface area contributed by atoms with Gasteiger partial charge in [-0.25, -0.2) is 14.0 Å². The first-order valence-electron chi connectivity index (χ1n) is 11.0. The molecule has 7 nitrogen and oxygen atoms in total. The van der Waals surface area contributed by atoms with E-state index in [1.54, 1.807) is 0 Å². The van der Waals surface area contributed by atoms with Crippen molar-refractivity contribution in [2.24, 2.45) is 5.41 Å². The molecule has 0 bridgehead atoms. The second-order valence-corrected chi connectivity index (χ2v) is 9.15. The zero-order chi connectivity index (χ0) is 24.3. The maximum atomic E-state index is 14.0. The number of carboxylic acids is 1. The van der Waals surface area contributed by atoms with Crippen LogP contribution in [0, 0.1) is 32.0 Å². The number of rotatable bonds is 6. The number of anilines is 2. The van der Waals surface area contributed by atoms with Crippen LogP contribution in [0.15, 0.2) is 30.3 Å². The Bertz CT molecular complexity index is 1070. The molecule has 0 radical (unpaired) electrons. The Morgan fingerprint density at radius 1 is 1.00 bits per heavy atom. The molecular formula is C25H30FN3O4. The predicted octanol–water partition coefficient (Wildman–Crippen LogP) is 5.16. The summed E-state index contributed by atoms with van der Waals surface area (Å²) in [6.07, 6.45) is 3.18. The van der Waals surface area contributed by atoms with E-state index >= 15 is 0 Å². The normalized spacial score (nSPS) is 15.5. The fourth-order valence-corrected chi connectivity index (χ4v) is 4.68. The lowest BCUT2D eigenvalue weighted by Crippen LogP contribution is -2.50. The van der Waals surface area contributed by atoms with Crippen LogP contribution in [0.1, 0.15) is 59.7 Å². The number of halogens is 1. The van der Waals surface area contributed by atoms with E-state index in [4.69, 9.17) is 0 Å². The molecule has 1 aliphatic carbocycles. The van der Waals surface area contributed by atoms with Crippen LogP contribution in [-0.4, -0.2) is 29.1 Å². The molecule has 1 aliphatic rings. The molecule has 3 rings (SSSR count). The van der Waals surface area contributed by atoms with Gasteiger partial charge in [-0.1, -0.05) is 37.5 Å². The van der Waals surface area contributed by atoms with Crippen molar-refractivity contribution >= 4 is 29.3 Å². The van der Waals surface area contributed by atoms with E-state index in [-0.39, 0.29) is 11.3 Å². The van der Waals surface area contributed by atoms with Crippen molar-refractivity contribution in [1.82, 2.24) is 5.32 Å². The summed E-state index contributed by atoms with van der Waals surface area (Å²) < 4.78 is 14.0. The molecule has 8 heteroatoms. The summed E-state index contributed by atoms with van der Waals surface area (Å²) >= 11 is 0. The van der Waals surface area contributed by atoms with E-state index in [0.29, 0.717) is 18.5 Å². The van der Waals surface area contributed by atoms with Gasteiger partial charge in [0.25, 0.3) is 5.91 Å². The first-order chi connectivity index (χ1) is 15.5. The van der Waals surface area contributed by atoms with Crippen LogP contribution in [-0.2, 0) is 4.79 Å². The molecule has 0 aliphatic heterocycles. The number of urea groups is 1. The summed E-state index contributed by atoms with van der Waals surface area (Å²) in [6, 6.07) is 5.51. The smallest absolute Gasteiger partial charge is 0.326 e. The molecule has 4 N–H and O–H groups in total. The highest BCUT2D eigenvalue weighted by molar-refractivity contribution is 6.07. The largest absolute Gasteiger partial charge is 0.480 e. The molecule has 33 heavy (non-hydrogen) atoms. The molecule has 0 spiro atoms. The fourth-order valence-electron chi connectivity index (χ4n) is 4.68. The van der Waals surface area contributed by atoms with Crippen LogP contribution >= 0.6 is 0 Å². The molecule has 1 saturated carbocycles. The van der Waals surface area contributed by atoms with Gasteiger partial charge in [-0.15, -0.1) is 0 Å². The molecule has 0 aromatic heterocycles. The Morgan fingerprint density at radius 2 is 1.61 bits per heavy atom. The van der Waals surface area contributed by atoms with Gasteiger partial charge in [-0.2, -0.15) is 0 Å². The molecule has 1 fully saturated rings. The van der Waals surface area contributed by atoms with Gasteiger partial charge in [-0.05, 0) is 68.4 Å². The van der Waals surface area contributed by atoms with Gasteiger partial charge in [0, 0.05) is 5.69 Å². The molecule has 1 atom stereocenters. The number of amides is 3. The van der Waals surface area contributed by atoms with E-state index in [2.05, 4.69) is 16.0 Å². The number of carboxylic acid groups (broad SMARTS) is 1. The van der Waals surface area contributed by atoms with Gasteiger partial charge in [0.1, 0.15) is 11.9 Å². The van der Waals surface area contributed by atoms with Crippen molar-refractivity contribution in [3.8, 4) is 0 Å². The van der Waals surface area contributed by atoms with Crippen molar-refractivity contribution in [3.63, 3.8) is 0 Å². The van der Waals surface area contributed by atoms with Crippen LogP contribution in [0.5, 0.6) is 0 Å². The van der Waals surface area contributed by atoms with Crippen molar-refractivity contribution in [2.75, 3.05) is 10.6 Å². The van der Waals surface area contributed by atoms with E-state index < -0.39 is 35.2 Å². The minimum absolute atomic E-state index is 0.0169. The monoisotopic (exact) mass is 455 g/mol. The second-order valence-electron chi connectivity index (χ2n) is 9.15. The van der Waals surface area contributed by atoms with Crippen molar-refractivity contribution < 1.29 is 23.9 Å². The maximum Gasteiger partial charge on any atom is 0.326 e. The topological polar surface area (TPSA) is 108 Å². The van der Waals surface area contributed by atoms with Gasteiger partial charge in [0.15, 0.2) is 0 Å². The number of aryl methyl sites for hydroxylation is 3.